The maximum atomic E-state index is 13.3. The highest BCUT2D eigenvalue weighted by molar-refractivity contribution is 5.20. The first-order valence-corrected chi connectivity index (χ1v) is 7.74. The molecule has 0 fully saturated rings. The molecule has 0 bridgehead atoms. The van der Waals surface area contributed by atoms with Gasteiger partial charge in [-0.2, -0.15) is 0 Å². The lowest BCUT2D eigenvalue weighted by molar-refractivity contribution is 0.190. The summed E-state index contributed by atoms with van der Waals surface area (Å²) in [6.07, 6.45) is 2.26. The maximum Gasteiger partial charge on any atom is 0.126 e. The van der Waals surface area contributed by atoms with Crippen molar-refractivity contribution < 1.29 is 8.78 Å². The van der Waals surface area contributed by atoms with Crippen LogP contribution in [0.1, 0.15) is 45.2 Å². The van der Waals surface area contributed by atoms with Crippen LogP contribution in [0.4, 0.5) is 8.78 Å². The maximum absolute atomic E-state index is 13.3. The van der Waals surface area contributed by atoms with Crippen molar-refractivity contribution in [1.82, 2.24) is 10.2 Å². The molecule has 0 amide bonds. The van der Waals surface area contributed by atoms with E-state index < -0.39 is 11.6 Å². The Labute approximate surface area is 127 Å². The highest BCUT2D eigenvalue weighted by atomic mass is 19.1. The van der Waals surface area contributed by atoms with Crippen LogP contribution < -0.4 is 5.32 Å². The molecule has 1 aromatic rings. The molecule has 2 unspecified atom stereocenters. The van der Waals surface area contributed by atoms with Gasteiger partial charge in [-0.05, 0) is 44.6 Å². The van der Waals surface area contributed by atoms with E-state index in [0.29, 0.717) is 17.5 Å². The second-order valence-electron chi connectivity index (χ2n) is 5.94. The zero-order valence-corrected chi connectivity index (χ0v) is 13.8. The van der Waals surface area contributed by atoms with E-state index in [1.807, 2.05) is 6.92 Å². The molecule has 0 spiro atoms. The Hall–Kier alpha value is -1.00. The van der Waals surface area contributed by atoms with E-state index in [4.69, 9.17) is 0 Å². The molecule has 1 N–H and O–H groups in total. The van der Waals surface area contributed by atoms with E-state index in [2.05, 4.69) is 38.2 Å². The van der Waals surface area contributed by atoms with Crippen LogP contribution in [0.5, 0.6) is 0 Å². The molecule has 0 aliphatic carbocycles. The van der Waals surface area contributed by atoms with Crippen LogP contribution in [0.3, 0.4) is 0 Å². The summed E-state index contributed by atoms with van der Waals surface area (Å²) in [6, 6.07) is 4.03. The first-order valence-electron chi connectivity index (χ1n) is 7.74. The summed E-state index contributed by atoms with van der Waals surface area (Å²) in [7, 11) is 4.16. The van der Waals surface area contributed by atoms with Crippen molar-refractivity contribution in [2.45, 2.75) is 45.7 Å². The van der Waals surface area contributed by atoms with Crippen LogP contribution in [0.25, 0.3) is 0 Å². The number of hydrogen-bond donors (Lipinski definition) is 1. The van der Waals surface area contributed by atoms with E-state index in [0.717, 1.165) is 25.5 Å². The Kier molecular flexibility index (Phi) is 7.26. The number of nitrogens with one attached hydrogen (secondary N) is 1. The van der Waals surface area contributed by atoms with Crippen molar-refractivity contribution in [1.29, 1.82) is 0 Å². The molecule has 21 heavy (non-hydrogen) atoms. The topological polar surface area (TPSA) is 15.3 Å². The smallest absolute Gasteiger partial charge is 0.126 e. The van der Waals surface area contributed by atoms with Gasteiger partial charge in [0, 0.05) is 24.7 Å². The van der Waals surface area contributed by atoms with Crippen LogP contribution in [0.15, 0.2) is 18.2 Å². The van der Waals surface area contributed by atoms with Crippen molar-refractivity contribution in [3.05, 3.63) is 35.4 Å². The number of halogens is 2. The molecule has 1 rings (SSSR count). The zero-order valence-electron chi connectivity index (χ0n) is 13.8. The lowest BCUT2D eigenvalue weighted by Gasteiger charge is -2.32. The minimum absolute atomic E-state index is 0.0768. The van der Waals surface area contributed by atoms with Gasteiger partial charge in [-0.1, -0.05) is 26.7 Å². The van der Waals surface area contributed by atoms with E-state index in [1.54, 1.807) is 0 Å². The van der Waals surface area contributed by atoms with Gasteiger partial charge in [-0.15, -0.1) is 0 Å². The van der Waals surface area contributed by atoms with Crippen molar-refractivity contribution in [2.75, 3.05) is 20.6 Å². The summed E-state index contributed by atoms with van der Waals surface area (Å²) in [4.78, 5) is 2.23. The zero-order chi connectivity index (χ0) is 16.0. The number of likely N-dealkylation sites (N-methyl/N-ethyl adjacent to an activating group) is 1. The molecule has 2 atom stereocenters. The third kappa shape index (κ3) is 5.36. The van der Waals surface area contributed by atoms with Crippen molar-refractivity contribution in [3.63, 3.8) is 0 Å². The quantitative estimate of drug-likeness (QED) is 0.781. The van der Waals surface area contributed by atoms with E-state index in [9.17, 15) is 8.78 Å². The Balaban J connectivity index is 2.70. The van der Waals surface area contributed by atoms with Crippen LogP contribution in [-0.4, -0.2) is 31.6 Å². The molecular weight excluding hydrogens is 270 g/mol. The van der Waals surface area contributed by atoms with Crippen LogP contribution >= 0.6 is 0 Å². The lowest BCUT2D eigenvalue weighted by Crippen LogP contribution is -2.43. The minimum Gasteiger partial charge on any atom is -0.309 e. The average molecular weight is 298 g/mol. The van der Waals surface area contributed by atoms with Crippen LogP contribution in [-0.2, 0) is 0 Å². The summed E-state index contributed by atoms with van der Waals surface area (Å²) in [5.74, 6) is -0.436. The standard InChI is InChI=1S/C17H28F2N2/c1-6-13(7-2)17(21(4)5)11-20-12(3)14-8-15(18)10-16(19)9-14/h8-10,12-13,17,20H,6-7,11H2,1-5H3. The molecule has 0 saturated carbocycles. The van der Waals surface area contributed by atoms with Gasteiger partial charge in [0.2, 0.25) is 0 Å². The Bertz CT molecular complexity index is 411. The van der Waals surface area contributed by atoms with Crippen molar-refractivity contribution >= 4 is 0 Å². The molecule has 120 valence electrons. The molecule has 2 nitrogen and oxygen atoms in total. The van der Waals surface area contributed by atoms with Gasteiger partial charge in [0.05, 0.1) is 0 Å². The van der Waals surface area contributed by atoms with Crippen molar-refractivity contribution in [2.24, 2.45) is 5.92 Å². The average Bonchev–Trinajstić information content (AvgIpc) is 2.41. The van der Waals surface area contributed by atoms with E-state index in [-0.39, 0.29) is 6.04 Å². The molecule has 1 aromatic carbocycles. The summed E-state index contributed by atoms with van der Waals surface area (Å²) >= 11 is 0. The summed E-state index contributed by atoms with van der Waals surface area (Å²) in [5.41, 5.74) is 0.648. The Morgan fingerprint density at radius 2 is 1.57 bits per heavy atom. The monoisotopic (exact) mass is 298 g/mol. The summed E-state index contributed by atoms with van der Waals surface area (Å²) in [5, 5.41) is 3.41. The number of rotatable bonds is 8. The predicted molar refractivity (Wildman–Crippen MR) is 84.3 cm³/mol. The Morgan fingerprint density at radius 1 is 1.05 bits per heavy atom. The fourth-order valence-electron chi connectivity index (χ4n) is 2.84. The van der Waals surface area contributed by atoms with Gasteiger partial charge in [-0.25, -0.2) is 8.78 Å². The molecule has 0 aromatic heterocycles. The number of benzene rings is 1. The fraction of sp³-hybridized carbons (Fsp3) is 0.647. The predicted octanol–water partition coefficient (Wildman–Crippen LogP) is 3.98. The minimum atomic E-state index is -0.525. The largest absolute Gasteiger partial charge is 0.309 e. The van der Waals surface area contributed by atoms with Gasteiger partial charge in [-0.3, -0.25) is 0 Å². The van der Waals surface area contributed by atoms with E-state index in [1.165, 1.54) is 12.1 Å². The second-order valence-corrected chi connectivity index (χ2v) is 5.94. The first-order chi connectivity index (χ1) is 9.88. The third-order valence-electron chi connectivity index (χ3n) is 4.27. The summed E-state index contributed by atoms with van der Waals surface area (Å²) < 4.78 is 26.6. The molecule has 0 radical (unpaired) electrons. The van der Waals surface area contributed by atoms with Gasteiger partial charge in [0.1, 0.15) is 11.6 Å². The van der Waals surface area contributed by atoms with Gasteiger partial charge in [0.15, 0.2) is 0 Å². The van der Waals surface area contributed by atoms with Crippen LogP contribution in [0.2, 0.25) is 0 Å². The van der Waals surface area contributed by atoms with E-state index >= 15 is 0 Å². The van der Waals surface area contributed by atoms with Gasteiger partial charge < -0.3 is 10.2 Å². The molecule has 0 heterocycles. The first kappa shape index (κ1) is 18.1. The fourth-order valence-corrected chi connectivity index (χ4v) is 2.84. The lowest BCUT2D eigenvalue weighted by atomic mass is 9.93. The molecule has 0 aliphatic rings. The number of hydrogen-bond acceptors (Lipinski definition) is 2. The Morgan fingerprint density at radius 3 is 2.00 bits per heavy atom. The summed E-state index contributed by atoms with van der Waals surface area (Å²) in [6.45, 7) is 7.15. The van der Waals surface area contributed by atoms with Crippen molar-refractivity contribution in [3.8, 4) is 0 Å². The highest BCUT2D eigenvalue weighted by Crippen LogP contribution is 2.19. The molecule has 4 heteroatoms. The van der Waals surface area contributed by atoms with Gasteiger partial charge >= 0.3 is 0 Å². The SMILES string of the molecule is CCC(CC)C(CNC(C)c1cc(F)cc(F)c1)N(C)C. The molecule has 0 aliphatic heterocycles. The molecular formula is C17H28F2N2. The third-order valence-corrected chi connectivity index (χ3v) is 4.27. The molecule has 0 saturated heterocycles. The normalized spacial score (nSPS) is 14.7. The second kappa shape index (κ2) is 8.44. The van der Waals surface area contributed by atoms with Crippen LogP contribution in [0, 0.1) is 17.6 Å². The number of nitrogens with zero attached hydrogens (tertiary/aromatic N) is 1. The van der Waals surface area contributed by atoms with Gasteiger partial charge in [0.25, 0.3) is 0 Å². The highest BCUT2D eigenvalue weighted by Gasteiger charge is 2.21.